The minimum atomic E-state index is -1.99. The number of unbranched alkanes of at least 4 members (excludes halogenated alkanes) is 1. The Morgan fingerprint density at radius 3 is 2.52 bits per heavy atom. The van der Waals surface area contributed by atoms with Crippen LogP contribution in [0.25, 0.3) is 0 Å². The van der Waals surface area contributed by atoms with Crippen molar-refractivity contribution < 1.29 is 34.1 Å². The number of nitrogens with one attached hydrogen (secondary N) is 1. The molecule has 0 saturated heterocycles. The summed E-state index contributed by atoms with van der Waals surface area (Å²) in [7, 11) is 1.32. The van der Waals surface area contributed by atoms with Crippen LogP contribution in [0.3, 0.4) is 0 Å². The smallest absolute Gasteiger partial charge is 0.305 e. The van der Waals surface area contributed by atoms with Gasteiger partial charge in [-0.05, 0) is 72.9 Å². The molecule has 0 spiro atoms. The first-order chi connectivity index (χ1) is 23.1. The number of carbonyl (C=O) groups excluding carboxylic acids is 4. The van der Waals surface area contributed by atoms with E-state index in [1.165, 1.54) is 12.0 Å². The van der Waals surface area contributed by atoms with Crippen molar-refractivity contribution in [1.29, 1.82) is 0 Å². The van der Waals surface area contributed by atoms with E-state index in [9.17, 15) is 29.4 Å². The number of nitrogens with two attached hydrogens (primary N) is 1. The molecule has 0 fully saturated rings. The van der Waals surface area contributed by atoms with Crippen molar-refractivity contribution in [1.82, 2.24) is 4.90 Å². The van der Waals surface area contributed by atoms with Crippen molar-refractivity contribution >= 4 is 40.8 Å². The van der Waals surface area contributed by atoms with Crippen LogP contribution >= 0.6 is 0 Å². The van der Waals surface area contributed by atoms with E-state index in [1.54, 1.807) is 66.4 Å². The number of esters is 1. The molecule has 3 atom stereocenters. The lowest BCUT2D eigenvalue weighted by atomic mass is 9.82. The molecule has 3 aromatic rings. The number of anilines is 3. The van der Waals surface area contributed by atoms with E-state index in [2.05, 4.69) is 5.32 Å². The third-order valence-corrected chi connectivity index (χ3v) is 9.20. The molecule has 0 radical (unpaired) electrons. The number of methoxy groups -OCH3 is 1. The summed E-state index contributed by atoms with van der Waals surface area (Å²) in [5.74, 6) is -2.18. The molecule has 0 unspecified atom stereocenters. The van der Waals surface area contributed by atoms with Gasteiger partial charge in [-0.15, -0.1) is 0 Å². The Kier molecular flexibility index (Phi) is 10.6. The van der Waals surface area contributed by atoms with Gasteiger partial charge in [0.2, 0.25) is 5.91 Å². The molecular formula is C37H42N4O7. The predicted octanol–water partition coefficient (Wildman–Crippen LogP) is 3.93. The van der Waals surface area contributed by atoms with Crippen molar-refractivity contribution in [3.05, 3.63) is 101 Å². The summed E-state index contributed by atoms with van der Waals surface area (Å²) in [5, 5.41) is 25.0. The summed E-state index contributed by atoms with van der Waals surface area (Å²) in [4.78, 5) is 55.1. The van der Waals surface area contributed by atoms with Crippen molar-refractivity contribution in [3.8, 4) is 0 Å². The predicted molar refractivity (Wildman–Crippen MR) is 182 cm³/mol. The Balaban J connectivity index is 1.36. The van der Waals surface area contributed by atoms with E-state index in [0.29, 0.717) is 54.0 Å². The van der Waals surface area contributed by atoms with Crippen LogP contribution in [0.5, 0.6) is 0 Å². The highest BCUT2D eigenvalue weighted by Gasteiger charge is 2.52. The Morgan fingerprint density at radius 2 is 1.81 bits per heavy atom. The largest absolute Gasteiger partial charge is 0.469 e. The van der Waals surface area contributed by atoms with Crippen LogP contribution in [0.1, 0.15) is 59.7 Å². The summed E-state index contributed by atoms with van der Waals surface area (Å²) >= 11 is 0. The van der Waals surface area contributed by atoms with Gasteiger partial charge in [-0.2, -0.15) is 0 Å². The fourth-order valence-corrected chi connectivity index (χ4v) is 6.40. The summed E-state index contributed by atoms with van der Waals surface area (Å²) in [6, 6.07) is 18.9. The second-order valence-electron chi connectivity index (χ2n) is 12.3. The van der Waals surface area contributed by atoms with Crippen molar-refractivity contribution in [2.24, 2.45) is 5.92 Å². The van der Waals surface area contributed by atoms with Gasteiger partial charge in [0, 0.05) is 54.4 Å². The SMILES string of the molecule is COC(=O)CCCCN1C(=O)[C@](O)([C@H](C)/C=C/CC(=O)N2Cc3ccccc3C[C@H]2CO)c2cc(NC(=O)c3ccc(N)cc3)ccc21. The van der Waals surface area contributed by atoms with E-state index in [4.69, 9.17) is 10.5 Å². The maximum atomic E-state index is 14.0. The van der Waals surface area contributed by atoms with E-state index in [0.717, 1.165) is 11.1 Å². The molecule has 0 aliphatic carbocycles. The van der Waals surface area contributed by atoms with Gasteiger partial charge in [0.05, 0.1) is 25.4 Å². The molecule has 3 amide bonds. The lowest BCUT2D eigenvalue weighted by Gasteiger charge is -2.36. The molecule has 5 rings (SSSR count). The Labute approximate surface area is 280 Å². The Hall–Kier alpha value is -5.00. The van der Waals surface area contributed by atoms with Crippen LogP contribution in [0.2, 0.25) is 0 Å². The molecular weight excluding hydrogens is 612 g/mol. The number of ether oxygens (including phenoxy) is 1. The fourth-order valence-electron chi connectivity index (χ4n) is 6.40. The molecule has 252 valence electrons. The Bertz CT molecular complexity index is 1710. The fraction of sp³-hybridized carbons (Fsp3) is 0.351. The molecule has 0 aromatic heterocycles. The van der Waals surface area contributed by atoms with E-state index >= 15 is 0 Å². The third-order valence-electron chi connectivity index (χ3n) is 9.20. The maximum Gasteiger partial charge on any atom is 0.305 e. The highest BCUT2D eigenvalue weighted by Crippen LogP contribution is 2.46. The normalized spacial score (nSPS) is 19.2. The first-order valence-electron chi connectivity index (χ1n) is 16.1. The second-order valence-corrected chi connectivity index (χ2v) is 12.3. The minimum Gasteiger partial charge on any atom is -0.469 e. The zero-order valence-electron chi connectivity index (χ0n) is 27.2. The summed E-state index contributed by atoms with van der Waals surface area (Å²) in [5.41, 5.74) is 8.06. The van der Waals surface area contributed by atoms with Crippen molar-refractivity contribution in [2.45, 2.75) is 57.2 Å². The number of hydrogen-bond acceptors (Lipinski definition) is 8. The molecule has 0 bridgehead atoms. The summed E-state index contributed by atoms with van der Waals surface area (Å²) in [6.07, 6.45) is 5.09. The lowest BCUT2D eigenvalue weighted by Crippen LogP contribution is -2.46. The lowest BCUT2D eigenvalue weighted by molar-refractivity contribution is -0.140. The Morgan fingerprint density at radius 1 is 1.08 bits per heavy atom. The number of aliphatic hydroxyl groups excluding tert-OH is 1. The number of nitrogens with zero attached hydrogens (tertiary/aromatic N) is 2. The van der Waals surface area contributed by atoms with Crippen LogP contribution in [0, 0.1) is 5.92 Å². The van der Waals surface area contributed by atoms with Crippen LogP contribution in [-0.2, 0) is 37.7 Å². The van der Waals surface area contributed by atoms with Gasteiger partial charge >= 0.3 is 5.97 Å². The van der Waals surface area contributed by atoms with Crippen molar-refractivity contribution in [2.75, 3.05) is 36.2 Å². The van der Waals surface area contributed by atoms with E-state index in [1.807, 2.05) is 24.3 Å². The topological polar surface area (TPSA) is 162 Å². The average molecular weight is 655 g/mol. The number of nitrogen functional groups attached to an aromatic ring is 1. The van der Waals surface area contributed by atoms with E-state index < -0.39 is 17.4 Å². The van der Waals surface area contributed by atoms with Crippen molar-refractivity contribution in [3.63, 3.8) is 0 Å². The van der Waals surface area contributed by atoms with Crippen LogP contribution in [0.15, 0.2) is 78.9 Å². The van der Waals surface area contributed by atoms with Gasteiger partial charge in [-0.1, -0.05) is 43.3 Å². The quantitative estimate of drug-likeness (QED) is 0.0989. The zero-order valence-corrected chi connectivity index (χ0v) is 27.2. The summed E-state index contributed by atoms with van der Waals surface area (Å²) < 4.78 is 4.72. The number of hydrogen-bond donors (Lipinski definition) is 4. The molecule has 2 aliphatic heterocycles. The first kappa shape index (κ1) is 34.3. The number of benzene rings is 3. The van der Waals surface area contributed by atoms with Crippen LogP contribution in [0.4, 0.5) is 17.1 Å². The molecule has 48 heavy (non-hydrogen) atoms. The van der Waals surface area contributed by atoms with Crippen LogP contribution in [-0.4, -0.2) is 65.1 Å². The molecule has 5 N–H and O–H groups in total. The number of rotatable bonds is 12. The molecule has 11 nitrogen and oxygen atoms in total. The molecule has 2 aliphatic rings. The molecule has 2 heterocycles. The molecule has 11 heteroatoms. The number of fused-ring (bicyclic) bond motifs is 2. The van der Waals surface area contributed by atoms with Gasteiger partial charge < -0.3 is 35.8 Å². The second kappa shape index (κ2) is 14.8. The zero-order chi connectivity index (χ0) is 34.4. The van der Waals surface area contributed by atoms with Gasteiger partial charge in [0.15, 0.2) is 5.60 Å². The third kappa shape index (κ3) is 7.12. The van der Waals surface area contributed by atoms with Crippen LogP contribution < -0.4 is 16.0 Å². The molecule has 0 saturated carbocycles. The minimum absolute atomic E-state index is 0.0229. The number of aliphatic hydroxyl groups is 2. The monoisotopic (exact) mass is 654 g/mol. The average Bonchev–Trinajstić information content (AvgIpc) is 3.31. The highest BCUT2D eigenvalue weighted by molar-refractivity contribution is 6.09. The number of amides is 3. The van der Waals surface area contributed by atoms with E-state index in [-0.39, 0.29) is 49.8 Å². The maximum absolute atomic E-state index is 14.0. The molecule has 3 aromatic carbocycles. The van der Waals surface area contributed by atoms with Gasteiger partial charge in [-0.25, -0.2) is 0 Å². The summed E-state index contributed by atoms with van der Waals surface area (Å²) in [6.45, 7) is 2.21. The van der Waals surface area contributed by atoms with Gasteiger partial charge in [0.25, 0.3) is 11.8 Å². The highest BCUT2D eigenvalue weighted by atomic mass is 16.5. The standard InChI is InChI=1S/C37H42N4O7/c1-24(8-7-11-33(43)41-22-27-10-4-3-9-26(27)20-30(41)23-42)37(47)31-21-29(39-35(45)25-13-15-28(38)16-14-25)17-18-32(31)40(36(37)46)19-6-5-12-34(44)48-2/h3-4,7-10,13-18,21,24,30,42,47H,5-6,11-12,19-20,22-23,38H2,1-2H3,(H,39,45)/b8-7+/t24-,30+,37+/m1/s1. The van der Waals surface area contributed by atoms with Gasteiger partial charge in [0.1, 0.15) is 0 Å². The first-order valence-corrected chi connectivity index (χ1v) is 16.1. The van der Waals surface area contributed by atoms with Gasteiger partial charge in [-0.3, -0.25) is 19.2 Å². The number of carbonyl (C=O) groups is 4.